The molecule has 0 aliphatic rings. The Kier molecular flexibility index (Phi) is 7.53. The summed E-state index contributed by atoms with van der Waals surface area (Å²) in [5, 5.41) is 20.1. The number of aromatic nitrogens is 4. The van der Waals surface area contributed by atoms with Crippen LogP contribution in [-0.2, 0) is 17.9 Å². The number of hydrogen-bond acceptors (Lipinski definition) is 7. The number of nitrogens with zero attached hydrogens (tertiary/aromatic N) is 4. The third-order valence-corrected chi connectivity index (χ3v) is 4.56. The highest BCUT2D eigenvalue weighted by molar-refractivity contribution is 7.69. The van der Waals surface area contributed by atoms with E-state index in [1.165, 1.54) is 10.4 Å². The second kappa shape index (κ2) is 10.5. The number of anilines is 2. The van der Waals surface area contributed by atoms with Crippen LogP contribution in [0.3, 0.4) is 0 Å². The highest BCUT2D eigenvalue weighted by Gasteiger charge is 2.15. The SMILES string of the molecule is Cc1ccc(Nc2cccc(Oc3ccccc3)c2)c(-c2nnn(C)n2)c1C.N[SH](=O)=O. The summed E-state index contributed by atoms with van der Waals surface area (Å²) in [6.45, 7) is 4.15. The minimum Gasteiger partial charge on any atom is -0.457 e. The van der Waals surface area contributed by atoms with Gasteiger partial charge in [-0.3, -0.25) is 0 Å². The van der Waals surface area contributed by atoms with E-state index in [0.717, 1.165) is 34.0 Å². The largest absolute Gasteiger partial charge is 0.457 e. The van der Waals surface area contributed by atoms with Crippen LogP contribution >= 0.6 is 0 Å². The van der Waals surface area contributed by atoms with Gasteiger partial charge in [-0.05, 0) is 60.5 Å². The number of benzene rings is 3. The average Bonchev–Trinajstić information content (AvgIpc) is 3.17. The first kappa shape index (κ1) is 22.9. The lowest BCUT2D eigenvalue weighted by Crippen LogP contribution is -1.99. The van der Waals surface area contributed by atoms with Gasteiger partial charge in [0, 0.05) is 23.0 Å². The molecule has 4 rings (SSSR count). The van der Waals surface area contributed by atoms with Crippen LogP contribution in [0.15, 0.2) is 66.7 Å². The molecule has 0 saturated carbocycles. The van der Waals surface area contributed by atoms with Gasteiger partial charge >= 0.3 is 0 Å². The number of para-hydroxylation sites is 1. The molecule has 4 aromatic rings. The molecule has 32 heavy (non-hydrogen) atoms. The van der Waals surface area contributed by atoms with Gasteiger partial charge in [0.05, 0.1) is 7.05 Å². The molecular formula is C22H24N6O3S. The summed E-state index contributed by atoms with van der Waals surface area (Å²) in [7, 11) is -0.857. The molecule has 0 amide bonds. The van der Waals surface area contributed by atoms with Crippen molar-refractivity contribution in [3.05, 3.63) is 77.9 Å². The van der Waals surface area contributed by atoms with E-state index in [0.29, 0.717) is 5.82 Å². The highest BCUT2D eigenvalue weighted by atomic mass is 32.2. The maximum atomic E-state index is 8.81. The van der Waals surface area contributed by atoms with Gasteiger partial charge in [0.25, 0.3) is 0 Å². The number of nitrogens with one attached hydrogen (secondary N) is 1. The monoisotopic (exact) mass is 452 g/mol. The zero-order valence-electron chi connectivity index (χ0n) is 17.9. The molecule has 3 N–H and O–H groups in total. The summed E-state index contributed by atoms with van der Waals surface area (Å²) >= 11 is 0. The molecule has 0 unspecified atom stereocenters. The Hall–Kier alpha value is -3.76. The fraction of sp³-hybridized carbons (Fsp3) is 0.136. The molecule has 10 heteroatoms. The van der Waals surface area contributed by atoms with E-state index in [1.807, 2.05) is 60.7 Å². The Labute approximate surface area is 187 Å². The van der Waals surface area contributed by atoms with Gasteiger partial charge in [0.2, 0.25) is 5.82 Å². The Morgan fingerprint density at radius 2 is 1.66 bits per heavy atom. The number of tetrazole rings is 1. The van der Waals surface area contributed by atoms with Crippen LogP contribution in [0.5, 0.6) is 11.5 Å². The third kappa shape index (κ3) is 6.13. The number of rotatable bonds is 5. The number of ether oxygens (including phenoxy) is 1. The minimum atomic E-state index is -2.62. The van der Waals surface area contributed by atoms with Crippen LogP contribution in [0, 0.1) is 13.8 Å². The molecule has 166 valence electrons. The number of aryl methyl sites for hydroxylation is 2. The van der Waals surface area contributed by atoms with Crippen LogP contribution in [0.2, 0.25) is 0 Å². The second-order valence-electron chi connectivity index (χ2n) is 6.89. The standard InChI is InChI=1S/C22H21N5O.H3NO2S/c1-15-12-13-20(21(16(15)2)22-24-26-27(3)25-22)23-17-8-7-11-19(14-17)28-18-9-5-4-6-10-18;1-4(2)3/h4-14,23H,1-3H3;4H,(H2,1,2,3). The van der Waals surface area contributed by atoms with E-state index in [1.54, 1.807) is 7.05 Å². The first-order chi connectivity index (χ1) is 15.3. The zero-order chi connectivity index (χ0) is 23.1. The van der Waals surface area contributed by atoms with Gasteiger partial charge in [-0.15, -0.1) is 10.2 Å². The molecule has 0 spiro atoms. The van der Waals surface area contributed by atoms with Crippen molar-refractivity contribution in [3.8, 4) is 22.9 Å². The Morgan fingerprint density at radius 3 is 2.31 bits per heavy atom. The van der Waals surface area contributed by atoms with Crippen molar-refractivity contribution in [2.24, 2.45) is 12.2 Å². The van der Waals surface area contributed by atoms with E-state index >= 15 is 0 Å². The van der Waals surface area contributed by atoms with E-state index in [2.05, 4.69) is 45.8 Å². The lowest BCUT2D eigenvalue weighted by molar-refractivity contribution is 0.483. The normalized spacial score (nSPS) is 10.4. The fourth-order valence-corrected chi connectivity index (χ4v) is 3.01. The molecule has 0 atom stereocenters. The lowest BCUT2D eigenvalue weighted by Gasteiger charge is -2.15. The molecule has 9 nitrogen and oxygen atoms in total. The number of hydrogen-bond donors (Lipinski definition) is 3. The van der Waals surface area contributed by atoms with Gasteiger partial charge in [-0.2, -0.15) is 4.80 Å². The van der Waals surface area contributed by atoms with E-state index < -0.39 is 10.9 Å². The third-order valence-electron chi connectivity index (χ3n) is 4.56. The number of nitrogens with two attached hydrogens (primary N) is 1. The molecule has 1 aromatic heterocycles. The van der Waals surface area contributed by atoms with E-state index in [4.69, 9.17) is 13.2 Å². The van der Waals surface area contributed by atoms with Crippen LogP contribution in [0.25, 0.3) is 11.4 Å². The maximum absolute atomic E-state index is 8.81. The van der Waals surface area contributed by atoms with Crippen molar-refractivity contribution in [1.29, 1.82) is 0 Å². The first-order valence-electron chi connectivity index (χ1n) is 9.67. The molecule has 0 aliphatic heterocycles. The van der Waals surface area contributed by atoms with E-state index in [-0.39, 0.29) is 0 Å². The Morgan fingerprint density at radius 1 is 0.969 bits per heavy atom. The van der Waals surface area contributed by atoms with Crippen molar-refractivity contribution < 1.29 is 13.2 Å². The molecule has 0 aliphatic carbocycles. The Bertz CT molecular complexity index is 1260. The molecule has 0 saturated heterocycles. The van der Waals surface area contributed by atoms with Crippen LogP contribution in [0.4, 0.5) is 11.4 Å². The van der Waals surface area contributed by atoms with Gasteiger partial charge in [-0.1, -0.05) is 30.3 Å². The molecule has 0 radical (unpaired) electrons. The average molecular weight is 453 g/mol. The van der Waals surface area contributed by atoms with Gasteiger partial charge in [0.1, 0.15) is 11.5 Å². The van der Waals surface area contributed by atoms with Crippen molar-refractivity contribution >= 4 is 22.3 Å². The quantitative estimate of drug-likeness (QED) is 0.396. The molecule has 0 bridgehead atoms. The topological polar surface area (TPSA) is 125 Å². The van der Waals surface area contributed by atoms with Crippen molar-refractivity contribution in [1.82, 2.24) is 20.2 Å². The van der Waals surface area contributed by atoms with Crippen molar-refractivity contribution in [2.45, 2.75) is 13.8 Å². The van der Waals surface area contributed by atoms with Crippen molar-refractivity contribution in [2.75, 3.05) is 5.32 Å². The molecule has 3 aromatic carbocycles. The lowest BCUT2D eigenvalue weighted by atomic mass is 10.0. The Balaban J connectivity index is 0.000000668. The number of thiol groups is 1. The summed E-state index contributed by atoms with van der Waals surface area (Å²) in [4.78, 5) is 1.47. The predicted molar refractivity (Wildman–Crippen MR) is 124 cm³/mol. The molecule has 1 heterocycles. The predicted octanol–water partition coefficient (Wildman–Crippen LogP) is 3.50. The van der Waals surface area contributed by atoms with Gasteiger partial charge in [-0.25, -0.2) is 13.6 Å². The second-order valence-corrected chi connectivity index (χ2v) is 7.46. The fourth-order valence-electron chi connectivity index (χ4n) is 3.01. The maximum Gasteiger partial charge on any atom is 0.207 e. The smallest absolute Gasteiger partial charge is 0.207 e. The summed E-state index contributed by atoms with van der Waals surface area (Å²) < 4.78 is 23.6. The summed E-state index contributed by atoms with van der Waals surface area (Å²) in [5.41, 5.74) is 5.08. The zero-order valence-corrected chi connectivity index (χ0v) is 18.8. The van der Waals surface area contributed by atoms with Crippen LogP contribution in [-0.4, -0.2) is 28.6 Å². The van der Waals surface area contributed by atoms with Crippen LogP contribution < -0.4 is 15.2 Å². The van der Waals surface area contributed by atoms with Gasteiger partial charge < -0.3 is 10.1 Å². The minimum absolute atomic E-state index is 0.600. The summed E-state index contributed by atoms with van der Waals surface area (Å²) in [6, 6.07) is 21.7. The van der Waals surface area contributed by atoms with Crippen LogP contribution in [0.1, 0.15) is 11.1 Å². The molecular weight excluding hydrogens is 428 g/mol. The van der Waals surface area contributed by atoms with E-state index in [9.17, 15) is 0 Å². The summed E-state index contributed by atoms with van der Waals surface area (Å²) in [5.74, 6) is 2.16. The molecule has 0 fully saturated rings. The highest BCUT2D eigenvalue weighted by Crippen LogP contribution is 2.34. The van der Waals surface area contributed by atoms with Crippen molar-refractivity contribution in [3.63, 3.8) is 0 Å². The first-order valence-corrected chi connectivity index (χ1v) is 10.9. The summed E-state index contributed by atoms with van der Waals surface area (Å²) in [6.07, 6.45) is 0. The van der Waals surface area contributed by atoms with Gasteiger partial charge in [0.15, 0.2) is 10.9 Å².